The van der Waals surface area contributed by atoms with Crippen molar-refractivity contribution in [3.8, 4) is 0 Å². The van der Waals surface area contributed by atoms with Crippen LogP contribution in [-0.2, 0) is 4.74 Å². The quantitative estimate of drug-likeness (QED) is 0.725. The molecule has 2 rings (SSSR count). The molecule has 3 nitrogen and oxygen atoms in total. The van der Waals surface area contributed by atoms with Crippen molar-refractivity contribution in [3.05, 3.63) is 0 Å². The van der Waals surface area contributed by atoms with E-state index >= 15 is 0 Å². The van der Waals surface area contributed by atoms with Crippen LogP contribution in [0.15, 0.2) is 0 Å². The number of hydrogen-bond donors (Lipinski definition) is 1. The van der Waals surface area contributed by atoms with Gasteiger partial charge in [-0.05, 0) is 24.7 Å². The van der Waals surface area contributed by atoms with Gasteiger partial charge in [0.15, 0.2) is 0 Å². The van der Waals surface area contributed by atoms with Gasteiger partial charge in [0.2, 0.25) is 0 Å². The second-order valence-electron chi connectivity index (χ2n) is 4.78. The smallest absolute Gasteiger partial charge is 0.0589 e. The molecule has 0 aromatic rings. The fourth-order valence-electron chi connectivity index (χ4n) is 2.98. The van der Waals surface area contributed by atoms with Crippen molar-refractivity contribution in [1.82, 2.24) is 4.90 Å². The molecule has 0 aromatic heterocycles. The summed E-state index contributed by atoms with van der Waals surface area (Å²) in [6.07, 6.45) is 4.06. The third-order valence-electron chi connectivity index (χ3n) is 3.84. The summed E-state index contributed by atoms with van der Waals surface area (Å²) in [6.45, 7) is 4.33. The van der Waals surface area contributed by atoms with Crippen molar-refractivity contribution in [3.63, 3.8) is 0 Å². The Morgan fingerprint density at radius 2 is 1.93 bits per heavy atom. The van der Waals surface area contributed by atoms with Gasteiger partial charge in [-0.3, -0.25) is 0 Å². The summed E-state index contributed by atoms with van der Waals surface area (Å²) >= 11 is 0. The number of nitrogens with two attached hydrogens (primary N) is 1. The molecule has 0 amide bonds. The van der Waals surface area contributed by atoms with Gasteiger partial charge < -0.3 is 15.4 Å². The first-order valence-corrected chi connectivity index (χ1v) is 5.78. The van der Waals surface area contributed by atoms with Crippen LogP contribution in [0.25, 0.3) is 0 Å². The molecule has 2 aliphatic rings. The topological polar surface area (TPSA) is 38.5 Å². The molecule has 1 unspecified atom stereocenters. The summed E-state index contributed by atoms with van der Waals surface area (Å²) in [5, 5.41) is 0. The van der Waals surface area contributed by atoms with Crippen LogP contribution in [-0.4, -0.2) is 44.3 Å². The molecule has 2 bridgehead atoms. The first-order chi connectivity index (χ1) is 6.81. The fraction of sp³-hybridized carbons (Fsp3) is 1.00. The highest BCUT2D eigenvalue weighted by molar-refractivity contribution is 4.92. The van der Waals surface area contributed by atoms with E-state index in [1.165, 1.54) is 32.4 Å². The predicted octanol–water partition coefficient (Wildman–Crippen LogP) is 0.692. The van der Waals surface area contributed by atoms with E-state index in [0.717, 1.165) is 25.0 Å². The molecule has 3 atom stereocenters. The van der Waals surface area contributed by atoms with Gasteiger partial charge in [-0.1, -0.05) is 6.42 Å². The third kappa shape index (κ3) is 2.10. The molecule has 82 valence electrons. The second-order valence-corrected chi connectivity index (χ2v) is 4.78. The zero-order valence-electron chi connectivity index (χ0n) is 9.11. The van der Waals surface area contributed by atoms with Gasteiger partial charge >= 0.3 is 0 Å². The lowest BCUT2D eigenvalue weighted by molar-refractivity contribution is 0.0455. The minimum atomic E-state index is 0.475. The van der Waals surface area contributed by atoms with Gasteiger partial charge in [0.25, 0.3) is 0 Å². The highest BCUT2D eigenvalue weighted by Crippen LogP contribution is 2.33. The van der Waals surface area contributed by atoms with E-state index in [4.69, 9.17) is 10.5 Å². The van der Waals surface area contributed by atoms with Crippen LogP contribution in [0, 0.1) is 11.8 Å². The molecule has 3 heteroatoms. The number of methoxy groups -OCH3 is 1. The maximum atomic E-state index is 6.22. The van der Waals surface area contributed by atoms with Crippen LogP contribution in [0.2, 0.25) is 0 Å². The molecule has 14 heavy (non-hydrogen) atoms. The Morgan fingerprint density at radius 3 is 2.50 bits per heavy atom. The number of rotatable bonds is 3. The van der Waals surface area contributed by atoms with Crippen molar-refractivity contribution >= 4 is 0 Å². The Hall–Kier alpha value is -0.120. The van der Waals surface area contributed by atoms with E-state index in [-0.39, 0.29) is 0 Å². The van der Waals surface area contributed by atoms with Gasteiger partial charge in [-0.25, -0.2) is 0 Å². The summed E-state index contributed by atoms with van der Waals surface area (Å²) < 4.78 is 5.12. The number of piperidine rings is 1. The van der Waals surface area contributed by atoms with Gasteiger partial charge in [0, 0.05) is 32.8 Å². The standard InChI is InChI=1S/C11H22N2O/c1-14-6-5-13-7-9-3-2-4-10(8-13)11(9)12/h9-11H,2-8,12H2,1H3/t9-,10+,11?. The van der Waals surface area contributed by atoms with Crippen molar-refractivity contribution in [1.29, 1.82) is 0 Å². The average Bonchev–Trinajstić information content (AvgIpc) is 2.15. The molecular weight excluding hydrogens is 176 g/mol. The Labute approximate surface area is 86.6 Å². The minimum Gasteiger partial charge on any atom is -0.383 e. The van der Waals surface area contributed by atoms with E-state index in [1.54, 1.807) is 7.11 Å². The van der Waals surface area contributed by atoms with Crippen LogP contribution >= 0.6 is 0 Å². The minimum absolute atomic E-state index is 0.475. The van der Waals surface area contributed by atoms with Gasteiger partial charge in [0.05, 0.1) is 6.61 Å². The monoisotopic (exact) mass is 198 g/mol. The largest absolute Gasteiger partial charge is 0.383 e. The molecule has 1 saturated heterocycles. The number of nitrogens with zero attached hydrogens (tertiary/aromatic N) is 1. The first kappa shape index (κ1) is 10.4. The van der Waals surface area contributed by atoms with Crippen molar-refractivity contribution < 1.29 is 4.74 Å². The van der Waals surface area contributed by atoms with Crippen LogP contribution < -0.4 is 5.73 Å². The van der Waals surface area contributed by atoms with Crippen LogP contribution in [0.3, 0.4) is 0 Å². The summed E-state index contributed by atoms with van der Waals surface area (Å²) in [5.74, 6) is 1.50. The number of fused-ring (bicyclic) bond motifs is 2. The molecule has 0 radical (unpaired) electrons. The summed E-state index contributed by atoms with van der Waals surface area (Å²) in [6, 6.07) is 0.475. The van der Waals surface area contributed by atoms with Crippen LogP contribution in [0.5, 0.6) is 0 Å². The Morgan fingerprint density at radius 1 is 1.29 bits per heavy atom. The third-order valence-corrected chi connectivity index (χ3v) is 3.84. The lowest BCUT2D eigenvalue weighted by Crippen LogP contribution is -2.55. The first-order valence-electron chi connectivity index (χ1n) is 5.78. The summed E-state index contributed by atoms with van der Waals surface area (Å²) in [7, 11) is 1.77. The lowest BCUT2D eigenvalue weighted by Gasteiger charge is -2.45. The number of likely N-dealkylation sites (tertiary alicyclic amines) is 1. The lowest BCUT2D eigenvalue weighted by atomic mass is 9.74. The van der Waals surface area contributed by atoms with Gasteiger partial charge in [0.1, 0.15) is 0 Å². The molecule has 0 spiro atoms. The van der Waals surface area contributed by atoms with E-state index < -0.39 is 0 Å². The zero-order chi connectivity index (χ0) is 9.97. The highest BCUT2D eigenvalue weighted by Gasteiger charge is 2.36. The van der Waals surface area contributed by atoms with E-state index in [9.17, 15) is 0 Å². The van der Waals surface area contributed by atoms with E-state index in [2.05, 4.69) is 4.90 Å². The van der Waals surface area contributed by atoms with Crippen molar-refractivity contribution in [2.45, 2.75) is 25.3 Å². The molecule has 1 saturated carbocycles. The van der Waals surface area contributed by atoms with E-state index in [0.29, 0.717) is 6.04 Å². The maximum Gasteiger partial charge on any atom is 0.0589 e. The number of hydrogen-bond acceptors (Lipinski definition) is 3. The SMILES string of the molecule is COCCN1C[C@H]2CCC[C@@H](C1)C2N. The fourth-order valence-corrected chi connectivity index (χ4v) is 2.98. The average molecular weight is 198 g/mol. The van der Waals surface area contributed by atoms with Crippen LogP contribution in [0.4, 0.5) is 0 Å². The molecule has 2 fully saturated rings. The van der Waals surface area contributed by atoms with E-state index in [1.807, 2.05) is 0 Å². The summed E-state index contributed by atoms with van der Waals surface area (Å²) in [4.78, 5) is 2.53. The molecule has 1 aliphatic carbocycles. The van der Waals surface area contributed by atoms with Gasteiger partial charge in [-0.2, -0.15) is 0 Å². The second kappa shape index (κ2) is 4.60. The summed E-state index contributed by atoms with van der Waals surface area (Å²) in [5.41, 5.74) is 6.22. The molecule has 1 heterocycles. The molecule has 0 aromatic carbocycles. The van der Waals surface area contributed by atoms with Crippen molar-refractivity contribution in [2.24, 2.45) is 17.6 Å². The Bertz CT molecular complexity index is 172. The van der Waals surface area contributed by atoms with Gasteiger partial charge in [-0.15, -0.1) is 0 Å². The Kier molecular flexibility index (Phi) is 3.42. The molecular formula is C11H22N2O. The highest BCUT2D eigenvalue weighted by atomic mass is 16.5. The molecule has 2 N–H and O–H groups in total. The normalized spacial score (nSPS) is 38.6. The number of ether oxygens (including phenoxy) is 1. The maximum absolute atomic E-state index is 6.22. The van der Waals surface area contributed by atoms with Crippen molar-refractivity contribution in [2.75, 3.05) is 33.4 Å². The van der Waals surface area contributed by atoms with Crippen LogP contribution in [0.1, 0.15) is 19.3 Å². The predicted molar refractivity (Wildman–Crippen MR) is 57.1 cm³/mol. The molecule has 1 aliphatic heterocycles. The zero-order valence-corrected chi connectivity index (χ0v) is 9.11. The Balaban J connectivity index is 1.87.